The van der Waals surface area contributed by atoms with Gasteiger partial charge in [-0.3, -0.25) is 4.99 Å². The minimum Gasteiger partial charge on any atom is -0.381 e. The summed E-state index contributed by atoms with van der Waals surface area (Å²) in [5, 5.41) is 3.62. The predicted molar refractivity (Wildman–Crippen MR) is 110 cm³/mol. The van der Waals surface area contributed by atoms with Gasteiger partial charge in [-0.1, -0.05) is 36.4 Å². The first-order valence-corrected chi connectivity index (χ1v) is 10.1. The quantitative estimate of drug-likeness (QED) is 0.653. The van der Waals surface area contributed by atoms with Crippen LogP contribution in [0.5, 0.6) is 0 Å². The number of halogens is 1. The summed E-state index contributed by atoms with van der Waals surface area (Å²) in [5.41, 5.74) is 3.91. The van der Waals surface area contributed by atoms with E-state index >= 15 is 0 Å². The number of nitrogens with zero attached hydrogens (tertiary/aromatic N) is 2. The first kappa shape index (κ1) is 18.9. The molecule has 2 aliphatic heterocycles. The van der Waals surface area contributed by atoms with E-state index in [-0.39, 0.29) is 11.2 Å². The summed E-state index contributed by atoms with van der Waals surface area (Å²) in [7, 11) is 1.84. The van der Waals surface area contributed by atoms with Crippen LogP contribution in [0, 0.1) is 5.82 Å². The number of rotatable bonds is 3. The van der Waals surface area contributed by atoms with Crippen LogP contribution in [-0.2, 0) is 23.1 Å². The first-order valence-electron chi connectivity index (χ1n) is 10.1. The van der Waals surface area contributed by atoms with Gasteiger partial charge < -0.3 is 15.0 Å². The van der Waals surface area contributed by atoms with Crippen LogP contribution in [0.25, 0.3) is 0 Å². The first-order chi connectivity index (χ1) is 13.7. The Morgan fingerprint density at radius 3 is 2.54 bits per heavy atom. The van der Waals surface area contributed by atoms with E-state index in [9.17, 15) is 4.39 Å². The SMILES string of the molecule is CN=C(NCC1(c2ccc(F)cc2)CCOCC1)N1CCc2ccccc2C1. The minimum absolute atomic E-state index is 0.0599. The molecule has 1 N–H and O–H groups in total. The highest BCUT2D eigenvalue weighted by atomic mass is 19.1. The number of aliphatic imine (C=N–C) groups is 1. The van der Waals surface area contributed by atoms with Gasteiger partial charge in [-0.15, -0.1) is 0 Å². The van der Waals surface area contributed by atoms with Gasteiger partial charge in [-0.2, -0.15) is 0 Å². The number of guanidine groups is 1. The Morgan fingerprint density at radius 2 is 1.82 bits per heavy atom. The van der Waals surface area contributed by atoms with Gasteiger partial charge in [0.1, 0.15) is 5.82 Å². The number of benzene rings is 2. The Bertz CT molecular complexity index is 828. The Balaban J connectivity index is 1.49. The summed E-state index contributed by atoms with van der Waals surface area (Å²) in [6.07, 6.45) is 2.88. The number of fused-ring (bicyclic) bond motifs is 1. The molecular formula is C23H28FN3O. The van der Waals surface area contributed by atoms with Crippen LogP contribution in [0.2, 0.25) is 0 Å². The largest absolute Gasteiger partial charge is 0.381 e. The molecule has 2 aliphatic rings. The minimum atomic E-state index is -0.193. The van der Waals surface area contributed by atoms with Crippen molar-refractivity contribution in [1.82, 2.24) is 10.2 Å². The van der Waals surface area contributed by atoms with Crippen molar-refractivity contribution in [1.29, 1.82) is 0 Å². The van der Waals surface area contributed by atoms with Crippen molar-refractivity contribution in [3.05, 3.63) is 71.0 Å². The predicted octanol–water partition coefficient (Wildman–Crippen LogP) is 3.51. The lowest BCUT2D eigenvalue weighted by molar-refractivity contribution is 0.0511. The summed E-state index contributed by atoms with van der Waals surface area (Å²) in [6.45, 7) is 4.07. The summed E-state index contributed by atoms with van der Waals surface area (Å²) in [5.74, 6) is 0.740. The highest BCUT2D eigenvalue weighted by Gasteiger charge is 2.35. The molecule has 0 saturated carbocycles. The fourth-order valence-corrected chi connectivity index (χ4v) is 4.39. The molecule has 28 heavy (non-hydrogen) atoms. The molecular weight excluding hydrogens is 353 g/mol. The molecule has 1 fully saturated rings. The van der Waals surface area contributed by atoms with Gasteiger partial charge in [-0.25, -0.2) is 4.39 Å². The zero-order valence-electron chi connectivity index (χ0n) is 16.5. The molecule has 0 atom stereocenters. The molecule has 0 aliphatic carbocycles. The van der Waals surface area contributed by atoms with Crippen molar-refractivity contribution in [2.45, 2.75) is 31.2 Å². The average Bonchev–Trinajstić information content (AvgIpc) is 2.75. The summed E-state index contributed by atoms with van der Waals surface area (Å²) >= 11 is 0. The standard InChI is InChI=1S/C23H28FN3O/c1-25-22(27-13-10-18-4-2-3-5-19(18)16-27)26-17-23(11-14-28-15-12-23)20-6-8-21(24)9-7-20/h2-9H,10-17H2,1H3,(H,25,26). The van der Waals surface area contributed by atoms with Crippen LogP contribution in [0.4, 0.5) is 4.39 Å². The van der Waals surface area contributed by atoms with Crippen LogP contribution >= 0.6 is 0 Å². The molecule has 148 valence electrons. The van der Waals surface area contributed by atoms with Crippen molar-refractivity contribution < 1.29 is 9.13 Å². The molecule has 0 radical (unpaired) electrons. The maximum atomic E-state index is 13.4. The molecule has 0 unspecified atom stereocenters. The van der Waals surface area contributed by atoms with E-state index in [1.807, 2.05) is 19.2 Å². The Kier molecular flexibility index (Phi) is 5.62. The lowest BCUT2D eigenvalue weighted by atomic mass is 9.74. The van der Waals surface area contributed by atoms with E-state index in [1.165, 1.54) is 16.7 Å². The smallest absolute Gasteiger partial charge is 0.193 e. The number of hydrogen-bond donors (Lipinski definition) is 1. The lowest BCUT2D eigenvalue weighted by Crippen LogP contribution is -2.50. The summed E-state index contributed by atoms with van der Waals surface area (Å²) in [6, 6.07) is 15.6. The fraction of sp³-hybridized carbons (Fsp3) is 0.435. The second-order valence-corrected chi connectivity index (χ2v) is 7.74. The van der Waals surface area contributed by atoms with Gasteiger partial charge in [0, 0.05) is 45.3 Å². The lowest BCUT2D eigenvalue weighted by Gasteiger charge is -2.40. The molecule has 0 aromatic heterocycles. The summed E-state index contributed by atoms with van der Waals surface area (Å²) in [4.78, 5) is 6.87. The van der Waals surface area contributed by atoms with Crippen LogP contribution < -0.4 is 5.32 Å². The zero-order chi connectivity index (χ0) is 19.4. The normalized spacial score (nSPS) is 19.2. The monoisotopic (exact) mass is 381 g/mol. The average molecular weight is 381 g/mol. The van der Waals surface area contributed by atoms with Crippen LogP contribution in [0.15, 0.2) is 53.5 Å². The topological polar surface area (TPSA) is 36.9 Å². The highest BCUT2D eigenvalue weighted by molar-refractivity contribution is 5.80. The van der Waals surface area contributed by atoms with Crippen molar-refractivity contribution in [2.75, 3.05) is 33.4 Å². The van der Waals surface area contributed by atoms with Crippen molar-refractivity contribution >= 4 is 5.96 Å². The van der Waals surface area contributed by atoms with E-state index in [1.54, 1.807) is 12.1 Å². The van der Waals surface area contributed by atoms with Crippen LogP contribution in [-0.4, -0.2) is 44.2 Å². The number of ether oxygens (including phenoxy) is 1. The van der Waals surface area contributed by atoms with Gasteiger partial charge in [0.05, 0.1) is 0 Å². The van der Waals surface area contributed by atoms with E-state index in [0.29, 0.717) is 0 Å². The van der Waals surface area contributed by atoms with E-state index < -0.39 is 0 Å². The molecule has 2 aromatic carbocycles. The Hall–Kier alpha value is -2.40. The Labute approximate surface area is 166 Å². The van der Waals surface area contributed by atoms with E-state index in [0.717, 1.165) is 58.1 Å². The van der Waals surface area contributed by atoms with Gasteiger partial charge in [0.25, 0.3) is 0 Å². The molecule has 0 amide bonds. The highest BCUT2D eigenvalue weighted by Crippen LogP contribution is 2.34. The molecule has 5 heteroatoms. The molecule has 2 heterocycles. The zero-order valence-corrected chi connectivity index (χ0v) is 16.5. The third kappa shape index (κ3) is 3.90. The summed E-state index contributed by atoms with van der Waals surface area (Å²) < 4.78 is 19.1. The maximum absolute atomic E-state index is 13.4. The van der Waals surface area contributed by atoms with Crippen LogP contribution in [0.1, 0.15) is 29.5 Å². The molecule has 0 spiro atoms. The third-order valence-electron chi connectivity index (χ3n) is 6.13. The molecule has 1 saturated heterocycles. The van der Waals surface area contributed by atoms with Gasteiger partial charge in [0.2, 0.25) is 0 Å². The van der Waals surface area contributed by atoms with E-state index in [4.69, 9.17) is 4.74 Å². The number of nitrogens with one attached hydrogen (secondary N) is 1. The maximum Gasteiger partial charge on any atom is 0.193 e. The Morgan fingerprint density at radius 1 is 1.11 bits per heavy atom. The van der Waals surface area contributed by atoms with Gasteiger partial charge in [0.15, 0.2) is 5.96 Å². The number of hydrogen-bond acceptors (Lipinski definition) is 2. The fourth-order valence-electron chi connectivity index (χ4n) is 4.39. The van der Waals surface area contributed by atoms with E-state index in [2.05, 4.69) is 39.5 Å². The van der Waals surface area contributed by atoms with Crippen molar-refractivity contribution in [3.63, 3.8) is 0 Å². The second-order valence-electron chi connectivity index (χ2n) is 7.74. The van der Waals surface area contributed by atoms with Gasteiger partial charge in [-0.05, 0) is 48.1 Å². The molecule has 2 aromatic rings. The molecule has 4 rings (SSSR count). The van der Waals surface area contributed by atoms with Crippen molar-refractivity contribution in [3.8, 4) is 0 Å². The third-order valence-corrected chi connectivity index (χ3v) is 6.13. The molecule has 0 bridgehead atoms. The molecule has 4 nitrogen and oxygen atoms in total. The van der Waals surface area contributed by atoms with Gasteiger partial charge >= 0.3 is 0 Å². The van der Waals surface area contributed by atoms with Crippen molar-refractivity contribution in [2.24, 2.45) is 4.99 Å². The second kappa shape index (κ2) is 8.31. The van der Waals surface area contributed by atoms with Crippen LogP contribution in [0.3, 0.4) is 0 Å².